The van der Waals surface area contributed by atoms with Gasteiger partial charge in [-0.15, -0.1) is 0 Å². The molecule has 0 atom stereocenters. The van der Waals surface area contributed by atoms with Crippen molar-refractivity contribution in [3.8, 4) is 28.7 Å². The Labute approximate surface area is 144 Å². The molecule has 8 heteroatoms. The number of hydrogen-bond acceptors (Lipinski definition) is 7. The topological polar surface area (TPSA) is 110 Å². The van der Waals surface area contributed by atoms with E-state index in [0.29, 0.717) is 22.8 Å². The van der Waals surface area contributed by atoms with E-state index in [-0.39, 0.29) is 17.1 Å². The highest BCUT2D eigenvalue weighted by Crippen LogP contribution is 2.37. The molecule has 0 fully saturated rings. The van der Waals surface area contributed by atoms with Crippen LogP contribution in [0.4, 0.5) is 0 Å². The molecule has 3 N–H and O–H groups in total. The van der Waals surface area contributed by atoms with Crippen molar-refractivity contribution < 1.29 is 29.2 Å². The highest BCUT2D eigenvalue weighted by atomic mass is 16.5. The number of nitrogens with one attached hydrogen (secondary N) is 1. The Bertz CT molecular complexity index is 779. The van der Waals surface area contributed by atoms with Gasteiger partial charge < -0.3 is 24.4 Å². The number of carbonyl (C=O) groups excluding carboxylic acids is 1. The zero-order chi connectivity index (χ0) is 18.4. The van der Waals surface area contributed by atoms with Gasteiger partial charge in [0.2, 0.25) is 5.75 Å². The van der Waals surface area contributed by atoms with Crippen molar-refractivity contribution in [2.24, 2.45) is 5.10 Å². The molecule has 25 heavy (non-hydrogen) atoms. The van der Waals surface area contributed by atoms with E-state index in [1.54, 1.807) is 12.1 Å². The van der Waals surface area contributed by atoms with Gasteiger partial charge in [0.15, 0.2) is 11.5 Å². The summed E-state index contributed by atoms with van der Waals surface area (Å²) in [7, 11) is 4.49. The predicted molar refractivity (Wildman–Crippen MR) is 90.9 cm³/mol. The summed E-state index contributed by atoms with van der Waals surface area (Å²) in [4.78, 5) is 12.0. The summed E-state index contributed by atoms with van der Waals surface area (Å²) < 4.78 is 15.7. The smallest absolute Gasteiger partial charge is 0.275 e. The maximum atomic E-state index is 12.0. The van der Waals surface area contributed by atoms with Crippen LogP contribution in [0, 0.1) is 0 Å². The van der Waals surface area contributed by atoms with E-state index < -0.39 is 5.91 Å². The summed E-state index contributed by atoms with van der Waals surface area (Å²) in [5.41, 5.74) is 2.87. The molecular weight excluding hydrogens is 328 g/mol. The number of benzene rings is 2. The number of amides is 1. The molecule has 1 amide bonds. The molecular formula is C17H18N2O6. The van der Waals surface area contributed by atoms with E-state index in [1.165, 1.54) is 39.7 Å². The fourth-order valence-electron chi connectivity index (χ4n) is 2.11. The second-order valence-corrected chi connectivity index (χ2v) is 4.86. The van der Waals surface area contributed by atoms with Crippen LogP contribution < -0.4 is 19.6 Å². The Hall–Kier alpha value is -3.42. The second kappa shape index (κ2) is 7.91. The molecule has 0 heterocycles. The molecule has 0 spiro atoms. The van der Waals surface area contributed by atoms with Gasteiger partial charge >= 0.3 is 0 Å². The lowest BCUT2D eigenvalue weighted by molar-refractivity contribution is 0.0952. The van der Waals surface area contributed by atoms with Crippen LogP contribution in [-0.2, 0) is 0 Å². The average Bonchev–Trinajstić information content (AvgIpc) is 2.60. The third-order valence-corrected chi connectivity index (χ3v) is 3.29. The first kappa shape index (κ1) is 17.9. The molecule has 0 saturated carbocycles. The van der Waals surface area contributed by atoms with Crippen molar-refractivity contribution in [2.45, 2.75) is 0 Å². The zero-order valence-corrected chi connectivity index (χ0v) is 13.9. The lowest BCUT2D eigenvalue weighted by Crippen LogP contribution is -2.17. The highest BCUT2D eigenvalue weighted by molar-refractivity contribution is 5.97. The molecule has 2 rings (SSSR count). The Kier molecular flexibility index (Phi) is 5.67. The van der Waals surface area contributed by atoms with Crippen LogP contribution in [0.1, 0.15) is 15.9 Å². The molecule has 0 aliphatic carbocycles. The number of ether oxygens (including phenoxy) is 3. The number of phenolic OH excluding ortho intramolecular Hbond substituents is 2. The fraction of sp³-hybridized carbons (Fsp3) is 0.176. The van der Waals surface area contributed by atoms with Crippen molar-refractivity contribution >= 4 is 12.1 Å². The fourth-order valence-corrected chi connectivity index (χ4v) is 2.11. The molecule has 0 aromatic heterocycles. The Morgan fingerprint density at radius 1 is 1.04 bits per heavy atom. The maximum Gasteiger partial charge on any atom is 0.275 e. The largest absolute Gasteiger partial charge is 0.508 e. The lowest BCUT2D eigenvalue weighted by atomic mass is 10.2. The minimum Gasteiger partial charge on any atom is -0.508 e. The normalized spacial score (nSPS) is 10.5. The van der Waals surface area contributed by atoms with E-state index in [1.807, 2.05) is 0 Å². The molecule has 132 valence electrons. The predicted octanol–water partition coefficient (Wildman–Crippen LogP) is 1.89. The van der Waals surface area contributed by atoms with E-state index in [9.17, 15) is 15.0 Å². The van der Waals surface area contributed by atoms with Crippen LogP contribution in [0.15, 0.2) is 35.4 Å². The SMILES string of the molecule is COc1cc(/C=N/NC(=O)c2ccc(O)cc2O)cc(OC)c1OC. The van der Waals surface area contributed by atoms with Crippen LogP contribution in [0.2, 0.25) is 0 Å². The Balaban J connectivity index is 2.17. The molecule has 0 saturated heterocycles. The van der Waals surface area contributed by atoms with E-state index in [0.717, 1.165) is 6.07 Å². The van der Waals surface area contributed by atoms with Gasteiger partial charge in [-0.3, -0.25) is 4.79 Å². The van der Waals surface area contributed by atoms with Gasteiger partial charge in [0.05, 0.1) is 33.1 Å². The van der Waals surface area contributed by atoms with Gasteiger partial charge in [-0.25, -0.2) is 5.43 Å². The molecule has 0 aliphatic rings. The van der Waals surface area contributed by atoms with Gasteiger partial charge in [0.1, 0.15) is 11.5 Å². The highest BCUT2D eigenvalue weighted by Gasteiger charge is 2.13. The van der Waals surface area contributed by atoms with Gasteiger partial charge in [0.25, 0.3) is 5.91 Å². The van der Waals surface area contributed by atoms with E-state index >= 15 is 0 Å². The van der Waals surface area contributed by atoms with Gasteiger partial charge in [-0.2, -0.15) is 5.10 Å². The molecule has 2 aromatic rings. The first-order chi connectivity index (χ1) is 12.0. The quantitative estimate of drug-likeness (QED) is 0.544. The lowest BCUT2D eigenvalue weighted by Gasteiger charge is -2.12. The molecule has 2 aromatic carbocycles. The molecule has 8 nitrogen and oxygen atoms in total. The van der Waals surface area contributed by atoms with E-state index in [4.69, 9.17) is 14.2 Å². The van der Waals surface area contributed by atoms with Gasteiger partial charge in [0, 0.05) is 11.6 Å². The zero-order valence-electron chi connectivity index (χ0n) is 13.9. The third kappa shape index (κ3) is 4.11. The Morgan fingerprint density at radius 2 is 1.68 bits per heavy atom. The number of carbonyl (C=O) groups is 1. The van der Waals surface area contributed by atoms with Crippen LogP contribution in [0.25, 0.3) is 0 Å². The number of aromatic hydroxyl groups is 2. The van der Waals surface area contributed by atoms with Crippen molar-refractivity contribution in [1.29, 1.82) is 0 Å². The van der Waals surface area contributed by atoms with Crippen molar-refractivity contribution in [3.63, 3.8) is 0 Å². The summed E-state index contributed by atoms with van der Waals surface area (Å²) >= 11 is 0. The van der Waals surface area contributed by atoms with Crippen LogP contribution in [0.3, 0.4) is 0 Å². The number of hydrazone groups is 1. The second-order valence-electron chi connectivity index (χ2n) is 4.86. The monoisotopic (exact) mass is 346 g/mol. The minimum absolute atomic E-state index is 0.0140. The van der Waals surface area contributed by atoms with Gasteiger partial charge in [-0.05, 0) is 24.3 Å². The summed E-state index contributed by atoms with van der Waals surface area (Å²) in [6.07, 6.45) is 1.39. The number of hydrogen-bond donors (Lipinski definition) is 3. The average molecular weight is 346 g/mol. The summed E-state index contributed by atoms with van der Waals surface area (Å²) in [6, 6.07) is 6.97. The molecule has 0 radical (unpaired) electrons. The Morgan fingerprint density at radius 3 is 2.20 bits per heavy atom. The van der Waals surface area contributed by atoms with Crippen molar-refractivity contribution in [1.82, 2.24) is 5.43 Å². The van der Waals surface area contributed by atoms with Gasteiger partial charge in [-0.1, -0.05) is 0 Å². The first-order valence-corrected chi connectivity index (χ1v) is 7.15. The molecule has 0 aliphatic heterocycles. The third-order valence-electron chi connectivity index (χ3n) is 3.29. The standard InChI is InChI=1S/C17H18N2O6/c1-23-14-6-10(7-15(24-2)16(14)25-3)9-18-19-17(22)12-5-4-11(20)8-13(12)21/h4-9,20-21H,1-3H3,(H,19,22)/b18-9+. The van der Waals surface area contributed by atoms with Crippen LogP contribution >= 0.6 is 0 Å². The summed E-state index contributed by atoms with van der Waals surface area (Å²) in [5, 5.41) is 22.7. The molecule has 0 bridgehead atoms. The summed E-state index contributed by atoms with van der Waals surface area (Å²) in [5.74, 6) is 0.230. The number of nitrogens with zero attached hydrogens (tertiary/aromatic N) is 1. The number of rotatable bonds is 6. The number of methoxy groups -OCH3 is 3. The van der Waals surface area contributed by atoms with Crippen LogP contribution in [-0.4, -0.2) is 43.7 Å². The van der Waals surface area contributed by atoms with Crippen molar-refractivity contribution in [3.05, 3.63) is 41.5 Å². The molecule has 0 unspecified atom stereocenters. The van der Waals surface area contributed by atoms with E-state index in [2.05, 4.69) is 10.5 Å². The summed E-state index contributed by atoms with van der Waals surface area (Å²) in [6.45, 7) is 0. The first-order valence-electron chi connectivity index (χ1n) is 7.15. The number of phenols is 2. The maximum absolute atomic E-state index is 12.0. The van der Waals surface area contributed by atoms with Crippen LogP contribution in [0.5, 0.6) is 28.7 Å². The van der Waals surface area contributed by atoms with Crippen molar-refractivity contribution in [2.75, 3.05) is 21.3 Å². The minimum atomic E-state index is -0.624.